The van der Waals surface area contributed by atoms with Gasteiger partial charge in [-0.1, -0.05) is 166 Å². The van der Waals surface area contributed by atoms with Crippen molar-refractivity contribution in [2.45, 2.75) is 282 Å². The van der Waals surface area contributed by atoms with Crippen LogP contribution in [0.2, 0.25) is 0 Å². The van der Waals surface area contributed by atoms with Crippen LogP contribution in [0.5, 0.6) is 0 Å². The molecule has 2 heterocycles. The Bertz CT molecular complexity index is 2720. The van der Waals surface area contributed by atoms with Gasteiger partial charge < -0.3 is 34.6 Å². The number of nitrogens with one attached hydrogen (secondary N) is 3. The molecular formula is C75H124N4O10. The number of carbonyl (C=O) groups is 6. The van der Waals surface area contributed by atoms with Crippen LogP contribution in [0.25, 0.3) is 6.08 Å². The van der Waals surface area contributed by atoms with E-state index in [1.54, 1.807) is 6.92 Å². The van der Waals surface area contributed by atoms with Crippen molar-refractivity contribution in [1.82, 2.24) is 10.3 Å². The molecule has 1 aliphatic heterocycles. The molecule has 504 valence electrons. The molecule has 89 heavy (non-hydrogen) atoms. The molecule has 0 bridgehead atoms. The molecule has 2 aliphatic carbocycles. The van der Waals surface area contributed by atoms with Crippen LogP contribution in [-0.4, -0.2) is 71.9 Å². The van der Waals surface area contributed by atoms with Crippen molar-refractivity contribution >= 4 is 53.4 Å². The number of amidine groups is 1. The fourth-order valence-electron chi connectivity index (χ4n) is 14.5. The van der Waals surface area contributed by atoms with Gasteiger partial charge in [0.1, 0.15) is 35.0 Å². The molecule has 0 spiro atoms. The van der Waals surface area contributed by atoms with Crippen LogP contribution in [0.1, 0.15) is 291 Å². The number of anilines is 1. The maximum absolute atomic E-state index is 15.8. The summed E-state index contributed by atoms with van der Waals surface area (Å²) in [5, 5.41) is 6.50. The van der Waals surface area contributed by atoms with Crippen LogP contribution < -0.4 is 10.6 Å². The van der Waals surface area contributed by atoms with Crippen molar-refractivity contribution in [2.24, 2.45) is 84.3 Å². The second-order valence-corrected chi connectivity index (χ2v) is 33.0. The third-order valence-corrected chi connectivity index (χ3v) is 21.1. The highest BCUT2D eigenvalue weighted by atomic mass is 16.6. The first-order valence-electron chi connectivity index (χ1n) is 34.3. The first kappa shape index (κ1) is 76.4. The fraction of sp³-hybridized carbons (Fsp3) is 0.773. The number of rotatable bonds is 25. The highest BCUT2D eigenvalue weighted by Gasteiger charge is 2.51. The van der Waals surface area contributed by atoms with Gasteiger partial charge in [0, 0.05) is 45.8 Å². The fourth-order valence-corrected chi connectivity index (χ4v) is 14.5. The maximum atomic E-state index is 15.8. The van der Waals surface area contributed by atoms with E-state index in [2.05, 4.69) is 119 Å². The van der Waals surface area contributed by atoms with E-state index in [9.17, 15) is 9.59 Å². The molecule has 4 unspecified atom stereocenters. The SMILES string of the molecule is C=C(C)C(=O)OCCCC(CC)(CC)C(=O)NC1=NC(=Cc2[nH]c(NC(=O)C(CC)(CC)CCCOC(=O)C(C)(C)CC)c(C(=O)OC3C(C(C)(C)C)CC(C)CC3C(C)(C)C)c2C(C)C)C(C(C)C)=C1C(=O)OC1C(C(C)(C)C)CC(C)CC1C(C)(C)C. The van der Waals surface area contributed by atoms with E-state index in [4.69, 9.17) is 23.9 Å². The lowest BCUT2D eigenvalue weighted by atomic mass is 9.59. The van der Waals surface area contributed by atoms with Gasteiger partial charge in [0.15, 0.2) is 0 Å². The lowest BCUT2D eigenvalue weighted by Gasteiger charge is -2.50. The van der Waals surface area contributed by atoms with Crippen LogP contribution in [0.3, 0.4) is 0 Å². The van der Waals surface area contributed by atoms with Gasteiger partial charge in [0.05, 0.1) is 24.3 Å². The number of carbonyl (C=O) groups excluding carboxylic acids is 6. The van der Waals surface area contributed by atoms with Crippen LogP contribution >= 0.6 is 0 Å². The van der Waals surface area contributed by atoms with Crippen molar-refractivity contribution in [1.29, 1.82) is 0 Å². The third kappa shape index (κ3) is 18.4. The first-order chi connectivity index (χ1) is 40.9. The number of aliphatic imine (C=N–C) groups is 1. The van der Waals surface area contributed by atoms with Crippen LogP contribution in [0.4, 0.5) is 5.82 Å². The summed E-state index contributed by atoms with van der Waals surface area (Å²) < 4.78 is 25.3. The summed E-state index contributed by atoms with van der Waals surface area (Å²) in [5.74, 6) is -1.88. The number of amides is 2. The molecule has 1 aromatic heterocycles. The Hall–Kier alpha value is -5.01. The minimum Gasteiger partial charge on any atom is -0.465 e. The Morgan fingerprint density at radius 3 is 1.37 bits per heavy atom. The lowest BCUT2D eigenvalue weighted by Crippen LogP contribution is -2.50. The van der Waals surface area contributed by atoms with Gasteiger partial charge >= 0.3 is 23.9 Å². The summed E-state index contributed by atoms with van der Waals surface area (Å²) in [6.45, 7) is 58.5. The van der Waals surface area contributed by atoms with Crippen LogP contribution in [0.15, 0.2) is 34.0 Å². The molecule has 2 saturated carbocycles. The Labute approximate surface area is 539 Å². The van der Waals surface area contributed by atoms with Gasteiger partial charge in [-0.3, -0.25) is 14.4 Å². The Morgan fingerprint density at radius 2 is 1.00 bits per heavy atom. The Morgan fingerprint density at radius 1 is 0.596 bits per heavy atom. The van der Waals surface area contributed by atoms with E-state index in [0.29, 0.717) is 97.7 Å². The summed E-state index contributed by atoms with van der Waals surface area (Å²) in [6, 6.07) is 0. The zero-order valence-electron chi connectivity index (χ0n) is 60.7. The molecule has 3 N–H and O–H groups in total. The first-order valence-corrected chi connectivity index (χ1v) is 34.3. The second-order valence-electron chi connectivity index (χ2n) is 33.0. The highest BCUT2D eigenvalue weighted by molar-refractivity contribution is 6.26. The highest BCUT2D eigenvalue weighted by Crippen LogP contribution is 2.53. The van der Waals surface area contributed by atoms with Crippen molar-refractivity contribution in [3.63, 3.8) is 0 Å². The third-order valence-electron chi connectivity index (χ3n) is 21.1. The zero-order valence-corrected chi connectivity index (χ0v) is 60.7. The molecule has 4 rings (SSSR count). The van der Waals surface area contributed by atoms with Gasteiger partial charge in [-0.2, -0.15) is 0 Å². The molecule has 14 heteroatoms. The van der Waals surface area contributed by atoms with E-state index < -0.39 is 46.4 Å². The van der Waals surface area contributed by atoms with E-state index >= 15 is 19.2 Å². The molecule has 0 saturated heterocycles. The average Bonchev–Trinajstić information content (AvgIpc) is 3.11. The summed E-state index contributed by atoms with van der Waals surface area (Å²) >= 11 is 0. The smallest absolute Gasteiger partial charge is 0.342 e. The predicted molar refractivity (Wildman–Crippen MR) is 362 cm³/mol. The number of aromatic nitrogens is 1. The molecule has 4 atom stereocenters. The number of esters is 4. The van der Waals surface area contributed by atoms with Gasteiger partial charge in [0.25, 0.3) is 0 Å². The number of hydrogen-bond acceptors (Lipinski definition) is 11. The predicted octanol–water partition coefficient (Wildman–Crippen LogP) is 18.1. The number of H-pyrrole nitrogens is 1. The summed E-state index contributed by atoms with van der Waals surface area (Å²) in [4.78, 5) is 96.5. The number of allylic oxidation sites excluding steroid dienone is 1. The Balaban J connectivity index is 2.09. The van der Waals surface area contributed by atoms with Crippen LogP contribution in [0, 0.1) is 79.3 Å². The largest absolute Gasteiger partial charge is 0.465 e. The van der Waals surface area contributed by atoms with Gasteiger partial charge in [0.2, 0.25) is 11.8 Å². The van der Waals surface area contributed by atoms with E-state index in [1.807, 2.05) is 82.2 Å². The van der Waals surface area contributed by atoms with Crippen molar-refractivity contribution in [3.05, 3.63) is 45.8 Å². The van der Waals surface area contributed by atoms with E-state index in [-0.39, 0.29) is 111 Å². The van der Waals surface area contributed by atoms with Crippen molar-refractivity contribution in [2.75, 3.05) is 18.5 Å². The molecular weight excluding hydrogens is 1120 g/mol. The quantitative estimate of drug-likeness (QED) is 0.0367. The monoisotopic (exact) mass is 1240 g/mol. The minimum atomic E-state index is -0.921. The molecule has 2 fully saturated rings. The number of ether oxygens (including phenoxy) is 4. The average molecular weight is 1240 g/mol. The topological polar surface area (TPSA) is 192 Å². The van der Waals surface area contributed by atoms with Gasteiger partial charge in [-0.05, 0) is 167 Å². The normalized spacial score (nSPS) is 22.9. The number of aromatic amines is 1. The van der Waals surface area contributed by atoms with Gasteiger partial charge in [-0.15, -0.1) is 0 Å². The van der Waals surface area contributed by atoms with Crippen molar-refractivity contribution < 1.29 is 47.7 Å². The molecule has 14 nitrogen and oxygen atoms in total. The van der Waals surface area contributed by atoms with Crippen molar-refractivity contribution in [3.8, 4) is 0 Å². The minimum absolute atomic E-state index is 0.0318. The standard InChI is InChI=1S/C75H124N4O10/c1-28-73(26,27)68(85)87-38-34-36-75(31-4,32-5)67(84)79-62-58(65(82)89-60-51(71(20,21)22)41-48(13)42-52(60)72(23,24)25)56(45(8)9)54(77-62)43-53-55(44(6)7)57(64(81)88-59-49(69(14,15)16)39-47(12)40-50(59)70(17,18)19)61(76-53)78-66(83)74(29-2,30-3)35-33-37-86-63(80)46(10)11/h43-45,47-52,59-60,77H,10,28-42H2,1-9,11-27H3,(H,79,84)(H,76,78,83). The van der Waals surface area contributed by atoms with Crippen LogP contribution in [-0.2, 0) is 42.9 Å². The number of nitrogens with zero attached hydrogens (tertiary/aromatic N) is 1. The molecule has 3 aliphatic rings. The van der Waals surface area contributed by atoms with Gasteiger partial charge in [-0.25, -0.2) is 19.4 Å². The molecule has 2 amide bonds. The Kier molecular flexibility index (Phi) is 25.9. The van der Waals surface area contributed by atoms with E-state index in [0.717, 1.165) is 25.7 Å². The molecule has 0 radical (unpaired) electrons. The lowest BCUT2D eigenvalue weighted by molar-refractivity contribution is -0.164. The summed E-state index contributed by atoms with van der Waals surface area (Å²) in [5.41, 5.74) is -0.520. The molecule has 1 aromatic rings. The second kappa shape index (κ2) is 30.2. The van der Waals surface area contributed by atoms with E-state index in [1.165, 1.54) is 0 Å². The maximum Gasteiger partial charge on any atom is 0.342 e. The summed E-state index contributed by atoms with van der Waals surface area (Å²) in [6.07, 6.45) is 8.74. The zero-order chi connectivity index (χ0) is 67.9. The molecule has 0 aromatic carbocycles. The number of hydrogen-bond donors (Lipinski definition) is 3. The summed E-state index contributed by atoms with van der Waals surface area (Å²) in [7, 11) is 0.